The minimum Gasteiger partial charge on any atom is -0.463 e. The third-order valence-electron chi connectivity index (χ3n) is 3.23. The molecule has 0 saturated carbocycles. The van der Waals surface area contributed by atoms with E-state index < -0.39 is 0 Å². The van der Waals surface area contributed by atoms with Crippen LogP contribution in [0.25, 0.3) is 0 Å². The summed E-state index contributed by atoms with van der Waals surface area (Å²) in [6, 6.07) is 0.843. The van der Waals surface area contributed by atoms with E-state index in [2.05, 4.69) is 38.8 Å². The first-order valence-electron chi connectivity index (χ1n) is 6.66. The van der Waals surface area contributed by atoms with E-state index in [-0.39, 0.29) is 5.95 Å². The molecular weight excluding hydrogens is 244 g/mol. The van der Waals surface area contributed by atoms with Crippen molar-refractivity contribution < 1.29 is 4.74 Å². The van der Waals surface area contributed by atoms with E-state index in [4.69, 9.17) is 10.5 Å². The molecule has 2 heterocycles. The Hall–Kier alpha value is -1.63. The fourth-order valence-electron chi connectivity index (χ4n) is 2.11. The largest absolute Gasteiger partial charge is 0.463 e. The highest BCUT2D eigenvalue weighted by atomic mass is 16.5. The molecule has 1 aliphatic heterocycles. The lowest BCUT2D eigenvalue weighted by molar-refractivity contribution is 0.291. The second-order valence-electron chi connectivity index (χ2n) is 4.98. The molecule has 0 spiro atoms. The zero-order chi connectivity index (χ0) is 13.8. The Morgan fingerprint density at radius 1 is 1.37 bits per heavy atom. The molecule has 19 heavy (non-hydrogen) atoms. The SMILES string of the molecule is CCCOc1nc(N)nc(N2CCC(N(C)C)C2)n1. The summed E-state index contributed by atoms with van der Waals surface area (Å²) in [5.74, 6) is 0.826. The number of hydrogen-bond acceptors (Lipinski definition) is 7. The van der Waals surface area contributed by atoms with Crippen LogP contribution in [-0.4, -0.2) is 59.7 Å². The Bertz CT molecular complexity index is 425. The third kappa shape index (κ3) is 3.44. The van der Waals surface area contributed by atoms with E-state index in [1.54, 1.807) is 0 Å². The van der Waals surface area contributed by atoms with Crippen molar-refractivity contribution in [3.63, 3.8) is 0 Å². The Morgan fingerprint density at radius 2 is 2.16 bits per heavy atom. The number of nitrogen functional groups attached to an aromatic ring is 1. The highest BCUT2D eigenvalue weighted by molar-refractivity contribution is 5.37. The van der Waals surface area contributed by atoms with Crippen molar-refractivity contribution in [1.29, 1.82) is 0 Å². The maximum Gasteiger partial charge on any atom is 0.323 e. The van der Waals surface area contributed by atoms with Crippen LogP contribution in [0.3, 0.4) is 0 Å². The molecular formula is C12H22N6O. The molecule has 2 rings (SSSR count). The van der Waals surface area contributed by atoms with Crippen LogP contribution in [0.2, 0.25) is 0 Å². The van der Waals surface area contributed by atoms with Gasteiger partial charge in [-0.3, -0.25) is 0 Å². The first kappa shape index (κ1) is 13.8. The van der Waals surface area contributed by atoms with Gasteiger partial charge < -0.3 is 20.3 Å². The van der Waals surface area contributed by atoms with Crippen LogP contribution in [0.15, 0.2) is 0 Å². The van der Waals surface area contributed by atoms with Gasteiger partial charge in [0.15, 0.2) is 0 Å². The summed E-state index contributed by atoms with van der Waals surface area (Å²) in [6.07, 6.45) is 2.01. The van der Waals surface area contributed by atoms with Crippen molar-refractivity contribution in [3.8, 4) is 6.01 Å². The van der Waals surface area contributed by atoms with Gasteiger partial charge in [0.25, 0.3) is 0 Å². The Morgan fingerprint density at radius 3 is 2.79 bits per heavy atom. The monoisotopic (exact) mass is 266 g/mol. The van der Waals surface area contributed by atoms with E-state index >= 15 is 0 Å². The number of anilines is 2. The predicted octanol–water partition coefficient (Wildman–Crippen LogP) is 0.383. The first-order chi connectivity index (χ1) is 9.10. The Labute approximate surface area is 113 Å². The number of ether oxygens (including phenoxy) is 1. The van der Waals surface area contributed by atoms with E-state index in [0.29, 0.717) is 24.6 Å². The highest BCUT2D eigenvalue weighted by Gasteiger charge is 2.26. The molecule has 0 radical (unpaired) electrons. The van der Waals surface area contributed by atoms with Crippen molar-refractivity contribution in [2.45, 2.75) is 25.8 Å². The van der Waals surface area contributed by atoms with Gasteiger partial charge >= 0.3 is 6.01 Å². The van der Waals surface area contributed by atoms with E-state index in [1.807, 2.05) is 6.92 Å². The van der Waals surface area contributed by atoms with Gasteiger partial charge in [0.1, 0.15) is 0 Å². The van der Waals surface area contributed by atoms with Gasteiger partial charge in [-0.15, -0.1) is 0 Å². The van der Waals surface area contributed by atoms with Crippen LogP contribution in [0.5, 0.6) is 6.01 Å². The maximum absolute atomic E-state index is 5.71. The zero-order valence-electron chi connectivity index (χ0n) is 11.8. The molecule has 0 aliphatic carbocycles. The topological polar surface area (TPSA) is 80.4 Å². The lowest BCUT2D eigenvalue weighted by atomic mass is 10.2. The van der Waals surface area contributed by atoms with Crippen LogP contribution in [0, 0.1) is 0 Å². The van der Waals surface area contributed by atoms with Crippen LogP contribution in [-0.2, 0) is 0 Å². The summed E-state index contributed by atoms with van der Waals surface area (Å²) in [5.41, 5.74) is 5.71. The molecule has 1 atom stereocenters. The van der Waals surface area contributed by atoms with Crippen LogP contribution in [0.1, 0.15) is 19.8 Å². The maximum atomic E-state index is 5.71. The van der Waals surface area contributed by atoms with E-state index in [1.165, 1.54) is 0 Å². The number of aromatic nitrogens is 3. The van der Waals surface area contributed by atoms with Crippen LogP contribution < -0.4 is 15.4 Å². The summed E-state index contributed by atoms with van der Waals surface area (Å²) >= 11 is 0. The van der Waals surface area contributed by atoms with Gasteiger partial charge in [-0.25, -0.2) is 0 Å². The predicted molar refractivity (Wildman–Crippen MR) is 74.3 cm³/mol. The average Bonchev–Trinajstić information content (AvgIpc) is 2.85. The second-order valence-corrected chi connectivity index (χ2v) is 4.98. The van der Waals surface area contributed by atoms with E-state index in [0.717, 1.165) is 25.9 Å². The molecule has 0 amide bonds. The molecule has 1 unspecified atom stereocenters. The van der Waals surface area contributed by atoms with Crippen molar-refractivity contribution in [1.82, 2.24) is 19.9 Å². The molecule has 1 aromatic rings. The third-order valence-corrected chi connectivity index (χ3v) is 3.23. The van der Waals surface area contributed by atoms with E-state index in [9.17, 15) is 0 Å². The van der Waals surface area contributed by atoms with Crippen molar-refractivity contribution in [2.75, 3.05) is 44.4 Å². The van der Waals surface area contributed by atoms with Gasteiger partial charge in [-0.2, -0.15) is 15.0 Å². The molecule has 7 nitrogen and oxygen atoms in total. The Balaban J connectivity index is 2.09. The number of nitrogens with zero attached hydrogens (tertiary/aromatic N) is 5. The molecule has 1 saturated heterocycles. The van der Waals surface area contributed by atoms with Gasteiger partial charge in [-0.05, 0) is 26.9 Å². The molecule has 2 N–H and O–H groups in total. The van der Waals surface area contributed by atoms with Crippen molar-refractivity contribution in [3.05, 3.63) is 0 Å². The Kier molecular flexibility index (Phi) is 4.36. The van der Waals surface area contributed by atoms with Crippen molar-refractivity contribution in [2.24, 2.45) is 0 Å². The fourth-order valence-corrected chi connectivity index (χ4v) is 2.11. The molecule has 0 aromatic carbocycles. The lowest BCUT2D eigenvalue weighted by Gasteiger charge is -2.20. The minimum absolute atomic E-state index is 0.212. The zero-order valence-corrected chi connectivity index (χ0v) is 11.8. The first-order valence-corrected chi connectivity index (χ1v) is 6.66. The molecule has 1 aliphatic rings. The number of rotatable bonds is 5. The van der Waals surface area contributed by atoms with Gasteiger partial charge in [0, 0.05) is 19.1 Å². The smallest absolute Gasteiger partial charge is 0.323 e. The molecule has 1 aromatic heterocycles. The normalized spacial score (nSPS) is 19.2. The van der Waals surface area contributed by atoms with Crippen molar-refractivity contribution >= 4 is 11.9 Å². The highest BCUT2D eigenvalue weighted by Crippen LogP contribution is 2.20. The van der Waals surface area contributed by atoms with Gasteiger partial charge in [0.2, 0.25) is 11.9 Å². The number of hydrogen-bond donors (Lipinski definition) is 1. The average molecular weight is 266 g/mol. The van der Waals surface area contributed by atoms with Gasteiger partial charge in [-0.1, -0.05) is 6.92 Å². The summed E-state index contributed by atoms with van der Waals surface area (Å²) < 4.78 is 5.43. The molecule has 0 bridgehead atoms. The summed E-state index contributed by atoms with van der Waals surface area (Å²) in [7, 11) is 4.18. The fraction of sp³-hybridized carbons (Fsp3) is 0.750. The standard InChI is InChI=1S/C12H22N6O/c1-4-7-19-12-15-10(13)14-11(16-12)18-6-5-9(8-18)17(2)3/h9H,4-8H2,1-3H3,(H2,13,14,15,16). The quantitative estimate of drug-likeness (QED) is 0.825. The van der Waals surface area contributed by atoms with Crippen LogP contribution in [0.4, 0.5) is 11.9 Å². The molecule has 106 valence electrons. The van der Waals surface area contributed by atoms with Crippen LogP contribution >= 0.6 is 0 Å². The van der Waals surface area contributed by atoms with Gasteiger partial charge in [0.05, 0.1) is 6.61 Å². The number of nitrogens with two attached hydrogens (primary N) is 1. The summed E-state index contributed by atoms with van der Waals surface area (Å²) in [5, 5.41) is 0. The lowest BCUT2D eigenvalue weighted by Crippen LogP contribution is -2.32. The molecule has 7 heteroatoms. The summed E-state index contributed by atoms with van der Waals surface area (Å²) in [6.45, 7) is 4.46. The summed E-state index contributed by atoms with van der Waals surface area (Å²) in [4.78, 5) is 16.9. The molecule has 1 fully saturated rings. The second kappa shape index (κ2) is 6.01. The minimum atomic E-state index is 0.212. The number of likely N-dealkylation sites (N-methyl/N-ethyl adjacent to an activating group) is 1.